The summed E-state index contributed by atoms with van der Waals surface area (Å²) in [6.07, 6.45) is 6.99. The Morgan fingerprint density at radius 1 is 0.260 bits per heavy atom. The minimum absolute atomic E-state index is 0. The van der Waals surface area contributed by atoms with Crippen molar-refractivity contribution in [3.63, 3.8) is 0 Å². The molecule has 0 atom stereocenters. The van der Waals surface area contributed by atoms with Crippen molar-refractivity contribution in [2.75, 3.05) is 21.1 Å². The van der Waals surface area contributed by atoms with E-state index in [1.165, 1.54) is 21.1 Å². The maximum Gasteiger partial charge on any atom is 3.00 e. The van der Waals surface area contributed by atoms with Gasteiger partial charge in [0.2, 0.25) is 0 Å². The van der Waals surface area contributed by atoms with Gasteiger partial charge in [-0.15, -0.1) is 0 Å². The Hall–Kier alpha value is -10.1. The molecule has 0 amide bonds. The molecule has 0 unspecified atom stereocenters. The van der Waals surface area contributed by atoms with Crippen LogP contribution in [-0.4, -0.2) is 196 Å². The Balaban J connectivity index is 0.000000464. The van der Waals surface area contributed by atoms with Gasteiger partial charge in [-0.1, -0.05) is 0 Å². The Labute approximate surface area is 807 Å². The van der Waals surface area contributed by atoms with Crippen LogP contribution in [0.4, 0.5) is 0 Å². The molecule has 648 valence electrons. The van der Waals surface area contributed by atoms with Gasteiger partial charge in [0.15, 0.2) is 0 Å². The first-order valence-corrected chi connectivity index (χ1v) is 39.3. The second-order valence-corrected chi connectivity index (χ2v) is 29.8. The predicted molar refractivity (Wildman–Crippen MR) is 486 cm³/mol. The molecular weight excluding hydrogens is 1900 g/mol. The molecule has 27 nitrogen and oxygen atoms in total. The number of aromatic amines is 6. The fourth-order valence-electron chi connectivity index (χ4n) is 15.3. The number of carboxylic acid groups (broad SMARTS) is 6. The number of carboxylic acids is 6. The molecule has 0 fully saturated rings. The first-order chi connectivity index (χ1) is 57.3. The zero-order valence-corrected chi connectivity index (χ0v) is 85.4. The second-order valence-electron chi connectivity index (χ2n) is 29.8. The molecule has 34 heteroatoms. The number of aromatic nitrogens is 12. The van der Waals surface area contributed by atoms with E-state index in [-0.39, 0.29) is 193 Å². The summed E-state index contributed by atoms with van der Waals surface area (Å²) in [6, 6.07) is 29.6. The normalized spacial score (nSPS) is 11.9. The predicted octanol–water partition coefficient (Wildman–Crippen LogP) is 2.40. The summed E-state index contributed by atoms with van der Waals surface area (Å²) in [6.45, 7) is 23.8. The van der Waals surface area contributed by atoms with Crippen LogP contribution in [0.25, 0.3) is 152 Å². The van der Waals surface area contributed by atoms with E-state index in [2.05, 4.69) is 48.1 Å². The topological polar surface area (TPSA) is 484 Å². The zero-order chi connectivity index (χ0) is 87.4. The molecule has 0 aliphatic carbocycles. The van der Waals surface area contributed by atoms with Crippen LogP contribution in [0, 0.1) is 41.5 Å². The SMILES string of the molecule is CC1=Cc2cc3[nH]c(cc4nc(cc5[nH]c(cc1n2)cc5C)C(C)=C4CCC(=O)[O-])c(CCC(=O)[O-])c3C.CC1=Cc2cc3[nH]c(cc4nc(cc5[nH]c(cc1n2)cc5C)C(C)=C4CCC(=O)[O-])c(CCC(=O)[O-])c3C.CC1=Cc2cc3[nH]c(cc4nc(cc5[nH]c(cc1n2)cc5C)C(C)=C4CCC(=O)[O-])c(CCC(=O)[O-])c3C.C[NH-].C[NH-].C[NH-].[Cl-].[Cl-].[Cl-].[Ga+3].[Ga+3].[Ga+3].[Ga+3]. The second kappa shape index (κ2) is 49.5. The third kappa shape index (κ3) is 27.0. The van der Waals surface area contributed by atoms with Crippen LogP contribution in [0.1, 0.15) is 218 Å². The number of aliphatic carboxylic acids is 6. The number of hydrogen-bond acceptors (Lipinski definition) is 18. The molecule has 0 radical (unpaired) electrons. The molecule has 9 N–H and O–H groups in total. The number of carbonyl (C=O) groups is 6. The molecule has 9 aromatic heterocycles. The number of hydrogen-bond donors (Lipinski definition) is 6. The van der Waals surface area contributed by atoms with E-state index in [0.29, 0.717) is 17.1 Å². The molecule has 0 aromatic carbocycles. The molecule has 127 heavy (non-hydrogen) atoms. The number of rotatable bonds is 18. The largest absolute Gasteiger partial charge is 3.00 e. The molecular formula is C93H96Cl3Ga4N15O12. The number of aryl methyl sites for hydroxylation is 9. The fraction of sp³-hybridized carbons (Fsp3) is 0.290. The number of halogens is 3. The third-order valence-electron chi connectivity index (χ3n) is 21.7. The minimum Gasteiger partial charge on any atom is -1.00 e. The molecule has 9 aromatic rings. The summed E-state index contributed by atoms with van der Waals surface area (Å²) in [5, 5.41) is 67.8. The van der Waals surface area contributed by atoms with E-state index in [0.717, 1.165) is 218 Å². The van der Waals surface area contributed by atoms with Gasteiger partial charge in [-0.05, 0) is 370 Å². The van der Waals surface area contributed by atoms with Gasteiger partial charge in [-0.25, -0.2) is 29.9 Å². The number of nitrogens with one attached hydrogen (secondary N) is 9. The van der Waals surface area contributed by atoms with Gasteiger partial charge >= 0.3 is 79.2 Å². The van der Waals surface area contributed by atoms with Crippen LogP contribution in [0.3, 0.4) is 0 Å². The number of H-pyrrole nitrogens is 6. The summed E-state index contributed by atoms with van der Waals surface area (Å²) < 4.78 is 0. The van der Waals surface area contributed by atoms with Crippen LogP contribution < -0.4 is 67.9 Å². The van der Waals surface area contributed by atoms with Crippen molar-refractivity contribution >= 4 is 250 Å². The first-order valence-electron chi connectivity index (χ1n) is 39.3. The van der Waals surface area contributed by atoms with Gasteiger partial charge in [0.1, 0.15) is 0 Å². The summed E-state index contributed by atoms with van der Waals surface area (Å²) in [7, 11) is 3.75. The summed E-state index contributed by atoms with van der Waals surface area (Å²) >= 11 is 0. The number of allylic oxidation sites excluding steroid dienone is 9. The average molecular weight is 2000 g/mol. The molecule has 24 bridgehead atoms. The zero-order valence-electron chi connectivity index (χ0n) is 73.4. The van der Waals surface area contributed by atoms with Gasteiger partial charge in [-0.3, -0.25) is 0 Å². The van der Waals surface area contributed by atoms with E-state index in [9.17, 15) is 59.4 Å². The molecule has 0 spiro atoms. The van der Waals surface area contributed by atoms with Gasteiger partial charge in [0, 0.05) is 102 Å². The van der Waals surface area contributed by atoms with Crippen LogP contribution in [0.2, 0.25) is 0 Å². The molecule has 0 saturated heterocycles. The fourth-order valence-corrected chi connectivity index (χ4v) is 15.3. The Morgan fingerprint density at radius 2 is 0.472 bits per heavy atom. The van der Waals surface area contributed by atoms with E-state index >= 15 is 0 Å². The smallest absolute Gasteiger partial charge is 1.00 e. The summed E-state index contributed by atoms with van der Waals surface area (Å²) in [5.41, 5.74) is 53.2. The van der Waals surface area contributed by atoms with Crippen molar-refractivity contribution in [1.29, 1.82) is 0 Å². The van der Waals surface area contributed by atoms with Crippen LogP contribution >= 0.6 is 0 Å². The molecule has 6 aliphatic rings. The van der Waals surface area contributed by atoms with Crippen molar-refractivity contribution < 1.29 is 96.6 Å². The van der Waals surface area contributed by atoms with E-state index in [4.69, 9.17) is 47.1 Å². The monoisotopic (exact) mass is 2000 g/mol. The molecule has 15 heterocycles. The van der Waals surface area contributed by atoms with Crippen LogP contribution in [0.15, 0.2) is 91.0 Å². The van der Waals surface area contributed by atoms with Crippen molar-refractivity contribution in [2.24, 2.45) is 0 Å². The van der Waals surface area contributed by atoms with E-state index < -0.39 is 35.8 Å². The van der Waals surface area contributed by atoms with Crippen molar-refractivity contribution in [1.82, 2.24) is 59.8 Å². The van der Waals surface area contributed by atoms with Gasteiger partial charge in [0.25, 0.3) is 0 Å². The molecule has 0 saturated carbocycles. The van der Waals surface area contributed by atoms with Crippen LogP contribution in [-0.2, 0) is 48.0 Å². The number of nitrogens with zero attached hydrogens (tertiary/aromatic N) is 6. The van der Waals surface area contributed by atoms with Gasteiger partial charge in [-0.2, -0.15) is 21.1 Å². The maximum atomic E-state index is 11.3. The first kappa shape index (κ1) is 111. The van der Waals surface area contributed by atoms with Crippen molar-refractivity contribution in [3.05, 3.63) is 227 Å². The quantitative estimate of drug-likeness (QED) is 0.0672. The Morgan fingerprint density at radius 3 is 0.693 bits per heavy atom. The van der Waals surface area contributed by atoms with Crippen molar-refractivity contribution in [2.45, 2.75) is 160 Å². The standard InChI is InChI=1S/3C30H30N4O4.3CH4N.3ClH.4Ga/c3*1-15-9-20-12-25-17(3)21(5-7-29(35)36)27(33-25)14-28-22(6-8-30(37)38)18(4)26(34-28)13-24-16(2)10-19(32-24)11-23(15)31-20;3*1-2;;;;;;;/h3*9-14,32-33H,5-8H2,1-4H3,(H,35,36)(H,37,38);3*2H,1H3;3*1H;;;;/q;;;3*-1;;;;4*+3/p-9. The molecule has 6 aliphatic heterocycles. The number of carbonyl (C=O) groups excluding carboxylic acids is 6. The summed E-state index contributed by atoms with van der Waals surface area (Å²) in [5.74, 6) is -6.74. The average Bonchev–Trinajstić information content (AvgIpc) is 1.64. The van der Waals surface area contributed by atoms with Gasteiger partial charge < -0.3 is 144 Å². The van der Waals surface area contributed by atoms with Gasteiger partial charge in [0.05, 0.1) is 68.3 Å². The summed E-state index contributed by atoms with van der Waals surface area (Å²) in [4.78, 5) is 118. The van der Waals surface area contributed by atoms with Crippen molar-refractivity contribution in [3.8, 4) is 0 Å². The van der Waals surface area contributed by atoms with E-state index in [1.54, 1.807) is 0 Å². The third-order valence-corrected chi connectivity index (χ3v) is 21.7. The molecule has 15 rings (SSSR count). The van der Waals surface area contributed by atoms with Crippen LogP contribution in [0.5, 0.6) is 0 Å². The minimum atomic E-state index is -1.13. The number of fused-ring (bicyclic) bond motifs is 24. The van der Waals surface area contributed by atoms with E-state index in [1.807, 2.05) is 174 Å². The Bertz CT molecular complexity index is 5820. The maximum absolute atomic E-state index is 11.3. The Kier molecular flexibility index (Phi) is 43.3.